The van der Waals surface area contributed by atoms with Crippen LogP contribution in [0.2, 0.25) is 10.0 Å². The first kappa shape index (κ1) is 18.9. The molecule has 138 valence electrons. The highest BCUT2D eigenvalue weighted by Gasteiger charge is 2.23. The van der Waals surface area contributed by atoms with Crippen molar-refractivity contribution in [2.75, 3.05) is 5.32 Å². The number of nitrogens with zero attached hydrogens (tertiary/aromatic N) is 2. The molecule has 0 saturated heterocycles. The zero-order valence-corrected chi connectivity index (χ0v) is 15.9. The number of hydrogen-bond acceptors (Lipinski definition) is 5. The molecule has 1 fully saturated rings. The van der Waals surface area contributed by atoms with Crippen LogP contribution in [0.3, 0.4) is 0 Å². The highest BCUT2D eigenvalue weighted by atomic mass is 35.5. The van der Waals surface area contributed by atoms with Crippen molar-refractivity contribution in [2.24, 2.45) is 11.5 Å². The number of amides is 1. The van der Waals surface area contributed by atoms with Gasteiger partial charge in [-0.1, -0.05) is 35.3 Å². The molecule has 1 aliphatic rings. The summed E-state index contributed by atoms with van der Waals surface area (Å²) in [4.78, 5) is 20.9. The molecular formula is C18H21Cl2N5O. The van der Waals surface area contributed by atoms with Gasteiger partial charge in [-0.2, -0.15) is 0 Å². The zero-order valence-electron chi connectivity index (χ0n) is 14.4. The smallest absolute Gasteiger partial charge is 0.268 e. The Balaban J connectivity index is 2.01. The van der Waals surface area contributed by atoms with Crippen LogP contribution >= 0.6 is 23.2 Å². The second-order valence-electron chi connectivity index (χ2n) is 6.59. The van der Waals surface area contributed by atoms with Gasteiger partial charge in [0.05, 0.1) is 15.7 Å². The van der Waals surface area contributed by atoms with Crippen molar-refractivity contribution in [1.29, 1.82) is 0 Å². The molecule has 2 atom stereocenters. The van der Waals surface area contributed by atoms with Crippen LogP contribution in [0, 0.1) is 6.92 Å². The Morgan fingerprint density at radius 3 is 2.73 bits per heavy atom. The van der Waals surface area contributed by atoms with Crippen LogP contribution in [0.15, 0.2) is 18.2 Å². The number of rotatable bonds is 4. The summed E-state index contributed by atoms with van der Waals surface area (Å²) in [7, 11) is 0. The van der Waals surface area contributed by atoms with Crippen molar-refractivity contribution in [1.82, 2.24) is 9.97 Å². The minimum Gasteiger partial charge on any atom is -0.364 e. The Hall–Kier alpha value is -1.89. The highest BCUT2D eigenvalue weighted by molar-refractivity contribution is 6.43. The maximum Gasteiger partial charge on any atom is 0.268 e. The third kappa shape index (κ3) is 3.92. The van der Waals surface area contributed by atoms with Crippen molar-refractivity contribution in [3.05, 3.63) is 39.6 Å². The fraction of sp³-hybridized carbons (Fsp3) is 0.389. The van der Waals surface area contributed by atoms with E-state index in [1.807, 2.05) is 0 Å². The topological polar surface area (TPSA) is 107 Å². The molecule has 6 nitrogen and oxygen atoms in total. The van der Waals surface area contributed by atoms with Crippen LogP contribution in [0.25, 0.3) is 11.1 Å². The number of halogens is 2. The molecule has 1 amide bonds. The number of nitrogens with one attached hydrogen (secondary N) is 1. The summed E-state index contributed by atoms with van der Waals surface area (Å²) in [6.45, 7) is 1.79. The fourth-order valence-electron chi connectivity index (χ4n) is 3.38. The average Bonchev–Trinajstić information content (AvgIpc) is 2.57. The second kappa shape index (κ2) is 7.78. The number of nitrogens with two attached hydrogens (primary N) is 2. The van der Waals surface area contributed by atoms with E-state index in [-0.39, 0.29) is 17.8 Å². The van der Waals surface area contributed by atoms with Gasteiger partial charge in [0.15, 0.2) is 0 Å². The molecule has 1 aromatic carbocycles. The number of anilines is 1. The van der Waals surface area contributed by atoms with Crippen LogP contribution in [-0.4, -0.2) is 28.0 Å². The van der Waals surface area contributed by atoms with Gasteiger partial charge in [-0.15, -0.1) is 0 Å². The fourth-order valence-corrected chi connectivity index (χ4v) is 3.77. The van der Waals surface area contributed by atoms with E-state index in [2.05, 4.69) is 15.3 Å². The van der Waals surface area contributed by atoms with Gasteiger partial charge in [0.25, 0.3) is 5.91 Å². The van der Waals surface area contributed by atoms with Crippen LogP contribution in [-0.2, 0) is 0 Å². The molecule has 0 aliphatic heterocycles. The van der Waals surface area contributed by atoms with Gasteiger partial charge in [0, 0.05) is 23.2 Å². The largest absolute Gasteiger partial charge is 0.364 e. The predicted molar refractivity (Wildman–Crippen MR) is 105 cm³/mol. The molecule has 0 radical (unpaired) electrons. The summed E-state index contributed by atoms with van der Waals surface area (Å²) < 4.78 is 0. The molecule has 2 aromatic rings. The van der Waals surface area contributed by atoms with E-state index >= 15 is 0 Å². The zero-order chi connectivity index (χ0) is 18.8. The van der Waals surface area contributed by atoms with Crippen LogP contribution in [0.4, 0.5) is 5.95 Å². The SMILES string of the molecule is Cc1nc(N[C@@H]2CCC[C@H](N)C2)nc(C(N)=O)c1-c1cccc(Cl)c1Cl. The Morgan fingerprint density at radius 1 is 1.27 bits per heavy atom. The van der Waals surface area contributed by atoms with E-state index in [4.69, 9.17) is 34.7 Å². The van der Waals surface area contributed by atoms with E-state index in [0.717, 1.165) is 25.7 Å². The maximum absolute atomic E-state index is 12.0. The normalized spacial score (nSPS) is 20.0. The molecule has 1 heterocycles. The quantitative estimate of drug-likeness (QED) is 0.735. The van der Waals surface area contributed by atoms with Crippen LogP contribution in [0.5, 0.6) is 0 Å². The van der Waals surface area contributed by atoms with Gasteiger partial charge >= 0.3 is 0 Å². The number of carbonyl (C=O) groups excluding carboxylic acids is 1. The summed E-state index contributed by atoms with van der Waals surface area (Å²) in [5, 5.41) is 4.00. The minimum atomic E-state index is -0.648. The third-order valence-corrected chi connectivity index (χ3v) is 5.41. The summed E-state index contributed by atoms with van der Waals surface area (Å²) >= 11 is 12.4. The highest BCUT2D eigenvalue weighted by Crippen LogP contribution is 2.36. The molecule has 8 heteroatoms. The molecule has 1 aromatic heterocycles. The van der Waals surface area contributed by atoms with Crippen molar-refractivity contribution in [3.8, 4) is 11.1 Å². The molecule has 26 heavy (non-hydrogen) atoms. The summed E-state index contributed by atoms with van der Waals surface area (Å²) in [6.07, 6.45) is 3.91. The lowest BCUT2D eigenvalue weighted by atomic mass is 9.92. The first-order chi connectivity index (χ1) is 12.4. The molecule has 3 rings (SSSR count). The first-order valence-electron chi connectivity index (χ1n) is 8.51. The third-order valence-electron chi connectivity index (χ3n) is 4.59. The van der Waals surface area contributed by atoms with E-state index < -0.39 is 5.91 Å². The Morgan fingerprint density at radius 2 is 2.04 bits per heavy atom. The van der Waals surface area contributed by atoms with E-state index in [0.29, 0.717) is 32.8 Å². The molecular weight excluding hydrogens is 373 g/mol. The molecule has 0 bridgehead atoms. The molecule has 0 spiro atoms. The van der Waals surface area contributed by atoms with Crippen molar-refractivity contribution in [3.63, 3.8) is 0 Å². The number of aryl methyl sites for hydroxylation is 1. The van der Waals surface area contributed by atoms with Crippen molar-refractivity contribution < 1.29 is 4.79 Å². The van der Waals surface area contributed by atoms with E-state index in [1.54, 1.807) is 25.1 Å². The number of carbonyl (C=O) groups is 1. The van der Waals surface area contributed by atoms with Gasteiger partial charge < -0.3 is 16.8 Å². The van der Waals surface area contributed by atoms with Crippen molar-refractivity contribution in [2.45, 2.75) is 44.7 Å². The lowest BCUT2D eigenvalue weighted by molar-refractivity contribution is 0.0996. The minimum absolute atomic E-state index is 0.115. The summed E-state index contributed by atoms with van der Waals surface area (Å²) in [6, 6.07) is 5.54. The average molecular weight is 394 g/mol. The van der Waals surface area contributed by atoms with Crippen LogP contribution in [0.1, 0.15) is 41.9 Å². The van der Waals surface area contributed by atoms with Gasteiger partial charge in [-0.3, -0.25) is 4.79 Å². The summed E-state index contributed by atoms with van der Waals surface area (Å²) in [5.41, 5.74) is 13.4. The number of primary amides is 1. The predicted octanol–water partition coefficient (Wildman–Crippen LogP) is 3.54. The maximum atomic E-state index is 12.0. The molecule has 5 N–H and O–H groups in total. The first-order valence-corrected chi connectivity index (χ1v) is 9.27. The van der Waals surface area contributed by atoms with Crippen LogP contribution < -0.4 is 16.8 Å². The number of aromatic nitrogens is 2. The molecule has 1 aliphatic carbocycles. The summed E-state index contributed by atoms with van der Waals surface area (Å²) in [5.74, 6) is -0.276. The van der Waals surface area contributed by atoms with Gasteiger partial charge in [-0.05, 0) is 38.7 Å². The van der Waals surface area contributed by atoms with Crippen molar-refractivity contribution >= 4 is 35.1 Å². The standard InChI is InChI=1S/C18H21Cl2N5O/c1-9-14(12-6-3-7-13(19)15(12)20)16(17(22)26)25-18(23-9)24-11-5-2-4-10(21)8-11/h3,6-7,10-11H,2,4-5,8,21H2,1H3,(H2,22,26)(H,23,24,25)/t10-,11+/m0/s1. The Bertz CT molecular complexity index is 843. The number of hydrogen-bond donors (Lipinski definition) is 3. The van der Waals surface area contributed by atoms with Gasteiger partial charge in [0.2, 0.25) is 5.95 Å². The Kier molecular flexibility index (Phi) is 5.65. The van der Waals surface area contributed by atoms with Gasteiger partial charge in [-0.25, -0.2) is 9.97 Å². The molecule has 0 unspecified atom stereocenters. The van der Waals surface area contributed by atoms with E-state index in [1.165, 1.54) is 0 Å². The lowest BCUT2D eigenvalue weighted by Crippen LogP contribution is -2.35. The van der Waals surface area contributed by atoms with Gasteiger partial charge in [0.1, 0.15) is 5.69 Å². The lowest BCUT2D eigenvalue weighted by Gasteiger charge is -2.27. The molecule has 1 saturated carbocycles. The number of benzene rings is 1. The monoisotopic (exact) mass is 393 g/mol. The Labute approximate surface area is 162 Å². The van der Waals surface area contributed by atoms with E-state index in [9.17, 15) is 4.79 Å². The second-order valence-corrected chi connectivity index (χ2v) is 7.37.